The van der Waals surface area contributed by atoms with Crippen LogP contribution in [0.1, 0.15) is 27.8 Å². The Balaban J connectivity index is 0.000000546. The van der Waals surface area contributed by atoms with Crippen LogP contribution in [0, 0.1) is 0 Å². The Morgan fingerprint density at radius 2 is 0.966 bits per heavy atom. The molecule has 5 aromatic carbocycles. The van der Waals surface area contributed by atoms with E-state index in [9.17, 15) is 68.3 Å². The zero-order valence-corrected chi connectivity index (χ0v) is 60.7. The zero-order valence-electron chi connectivity index (χ0n) is 44.9. The van der Waals surface area contributed by atoms with Gasteiger partial charge in [-0.25, -0.2) is 9.59 Å². The van der Waals surface area contributed by atoms with Crippen molar-refractivity contribution in [1.82, 2.24) is 0 Å². The minimum Gasteiger partial charge on any atom is -0.467 e. The van der Waals surface area contributed by atoms with Crippen LogP contribution in [0.2, 0.25) is 0 Å². The smallest absolute Gasteiger partial charge is 0.467 e. The van der Waals surface area contributed by atoms with Gasteiger partial charge in [-0.1, -0.05) is 130 Å². The molecule has 0 atom stereocenters. The van der Waals surface area contributed by atoms with Crippen molar-refractivity contribution in [2.45, 2.75) is 58.9 Å². The molecule has 1 aliphatic carbocycles. The van der Waals surface area contributed by atoms with E-state index in [-0.39, 0.29) is 57.4 Å². The molecule has 0 aromatic heterocycles. The van der Waals surface area contributed by atoms with Crippen molar-refractivity contribution in [1.29, 1.82) is 0 Å². The standard InChI is InChI=1S/C14H11BrF3NO5.C9H6Br2F3NO.C9H7BrF3NO2.C7H8BrNO.C7H9NO.C6H2Br4O.CH2Cl2/c1-23-11(21)13(12(22)24-2)6-7-5-8(15)3-4-9(7)19(13)10(20)14(16,17)18;10-4-5-3-6(11)1-2-7(5)15-8(16)9(12,13)14;10-6-1-2-7(5(3-6)4-15)14-8(16)9(11,12)13;8-6-1-2-7(9)5(3-6)4-10;8-7-4-2-1-3-6(7)5-9;7-3-1-6(9,10)2-4(8)5(3)11;2-1-3/h3-5H,6H2,1-2H3;1-3H,4H2,(H,15,16);1-3,15H,4H2,(H,14,16);1-3,10H,4,9H2;1-4,9H,5,8H2;1-2H;1H2. The van der Waals surface area contributed by atoms with Gasteiger partial charge >= 0.3 is 48.2 Å². The number of methoxy groups -OCH3 is 2. The Morgan fingerprint density at radius 3 is 1.35 bits per heavy atom. The van der Waals surface area contributed by atoms with E-state index in [1.807, 2.05) is 23.5 Å². The number of carbonyl (C=O) groups excluding carboxylic acids is 6. The van der Waals surface area contributed by atoms with Gasteiger partial charge < -0.3 is 46.9 Å². The van der Waals surface area contributed by atoms with Crippen LogP contribution < -0.4 is 27.0 Å². The van der Waals surface area contributed by atoms with Gasteiger partial charge in [0.25, 0.3) is 0 Å². The van der Waals surface area contributed by atoms with Crippen molar-refractivity contribution in [2.24, 2.45) is 0 Å². The number of alkyl halides is 14. The number of nitrogens with one attached hydrogen (secondary N) is 2. The van der Waals surface area contributed by atoms with Crippen molar-refractivity contribution in [2.75, 3.05) is 46.6 Å². The molecule has 36 heteroatoms. The largest absolute Gasteiger partial charge is 0.471 e. The molecular weight excluding hydrogens is 1840 g/mol. The maximum atomic E-state index is 13.0. The molecule has 9 N–H and O–H groups in total. The summed E-state index contributed by atoms with van der Waals surface area (Å²) in [4.78, 5) is 69.0. The summed E-state index contributed by atoms with van der Waals surface area (Å²) in [5.74, 6) is -9.08. The lowest BCUT2D eigenvalue weighted by Gasteiger charge is -2.33. The first-order valence-electron chi connectivity index (χ1n) is 23.5. The number of allylic oxidation sites excluding steroid dienone is 4. The lowest BCUT2D eigenvalue weighted by Crippen LogP contribution is -2.64. The quantitative estimate of drug-likeness (QED) is 0.0251. The number of halogens is 20. The Bertz CT molecular complexity index is 3230. The third-order valence-electron chi connectivity index (χ3n) is 10.6. The number of aliphatic hydroxyl groups is 3. The fourth-order valence-corrected chi connectivity index (χ4v) is 12.3. The second kappa shape index (κ2) is 38.5. The summed E-state index contributed by atoms with van der Waals surface area (Å²) in [6.07, 6.45) is -12.2. The van der Waals surface area contributed by atoms with E-state index in [0.717, 1.165) is 34.3 Å². The zero-order chi connectivity index (χ0) is 68.6. The molecule has 0 radical (unpaired) electrons. The molecule has 1 aliphatic heterocycles. The summed E-state index contributed by atoms with van der Waals surface area (Å²) in [7, 11) is 1.81. The average molecular weight is 1890 g/mol. The number of amides is 3. The molecule has 2 aliphatic rings. The number of rotatable bonds is 8. The number of carbonyl (C=O) groups is 6. The van der Waals surface area contributed by atoms with Crippen LogP contribution in [0.4, 0.5) is 68.0 Å². The maximum Gasteiger partial charge on any atom is 0.471 e. The highest BCUT2D eigenvalue weighted by molar-refractivity contribution is 9.25. The van der Waals surface area contributed by atoms with E-state index in [1.165, 1.54) is 42.5 Å². The van der Waals surface area contributed by atoms with Crippen molar-refractivity contribution in [3.63, 3.8) is 0 Å². The summed E-state index contributed by atoms with van der Waals surface area (Å²) in [6, 6.07) is 25.4. The molecule has 1 heterocycles. The predicted octanol–water partition coefficient (Wildman–Crippen LogP) is 15.6. The number of para-hydroxylation sites is 1. The number of hydrogen-bond donors (Lipinski definition) is 7. The van der Waals surface area contributed by atoms with E-state index in [0.29, 0.717) is 40.2 Å². The molecule has 0 unspecified atom stereocenters. The van der Waals surface area contributed by atoms with E-state index in [2.05, 4.69) is 153 Å². The third-order valence-corrected chi connectivity index (χ3v) is 15.3. The Morgan fingerprint density at radius 1 is 0.584 bits per heavy atom. The van der Waals surface area contributed by atoms with Gasteiger partial charge in [-0.3, -0.25) is 24.1 Å². The molecule has 3 amide bonds. The van der Waals surface area contributed by atoms with Crippen LogP contribution in [0.15, 0.2) is 136 Å². The predicted molar refractivity (Wildman–Crippen MR) is 352 cm³/mol. The number of fused-ring (bicyclic) bond motifs is 1. The molecule has 7 rings (SSSR count). The van der Waals surface area contributed by atoms with Gasteiger partial charge in [0.1, 0.15) is 3.23 Å². The number of aliphatic hydroxyl groups excluding tert-OH is 3. The summed E-state index contributed by atoms with van der Waals surface area (Å²) < 4.78 is 124. The van der Waals surface area contributed by atoms with Crippen LogP contribution >= 0.6 is 167 Å². The van der Waals surface area contributed by atoms with Gasteiger partial charge in [-0.2, -0.15) is 39.5 Å². The number of ether oxygens (including phenoxy) is 2. The number of esters is 2. The van der Waals surface area contributed by atoms with Crippen LogP contribution in [0.25, 0.3) is 0 Å². The fraction of sp³-hybridized carbons (Fsp3) is 0.245. The summed E-state index contributed by atoms with van der Waals surface area (Å²) in [5, 5.41) is 30.3. The normalized spacial score (nSPS) is 13.4. The van der Waals surface area contributed by atoms with Gasteiger partial charge in [0.05, 0.1) is 48.3 Å². The first kappa shape index (κ1) is 83.4. The molecule has 5 aromatic rings. The van der Waals surface area contributed by atoms with Crippen molar-refractivity contribution in [3.8, 4) is 0 Å². The van der Waals surface area contributed by atoms with Gasteiger partial charge in [-0.05, 0) is 134 Å². The minimum absolute atomic E-state index is 0.00866. The molecule has 89 heavy (non-hydrogen) atoms. The minimum atomic E-state index is -5.30. The van der Waals surface area contributed by atoms with E-state index in [4.69, 9.17) is 50.0 Å². The molecule has 0 fully saturated rings. The highest BCUT2D eigenvalue weighted by Crippen LogP contribution is 2.44. The lowest BCUT2D eigenvalue weighted by atomic mass is 9.94. The monoisotopic (exact) mass is 1880 g/mol. The first-order chi connectivity index (χ1) is 41.2. The van der Waals surface area contributed by atoms with Gasteiger partial charge in [-0.15, -0.1) is 23.2 Å². The Hall–Kier alpha value is -3.65. The number of nitrogens with two attached hydrogens (primary N) is 2. The van der Waals surface area contributed by atoms with Crippen LogP contribution in [-0.4, -0.2) is 97.6 Å². The van der Waals surface area contributed by atoms with Crippen LogP contribution in [0.3, 0.4) is 0 Å². The Labute approximate surface area is 587 Å². The van der Waals surface area contributed by atoms with Crippen molar-refractivity contribution >= 4 is 230 Å². The number of ketones is 1. The molecule has 16 nitrogen and oxygen atoms in total. The summed E-state index contributed by atoms with van der Waals surface area (Å²) in [6.45, 7) is -0.454. The van der Waals surface area contributed by atoms with E-state index < -0.39 is 70.0 Å². The van der Waals surface area contributed by atoms with Crippen LogP contribution in [-0.2, 0) is 69.8 Å². The number of Topliss-reactive ketones (excluding diaryl/α,β-unsaturated/α-hetero) is 1. The maximum absolute atomic E-state index is 13.0. The highest BCUT2D eigenvalue weighted by atomic mass is 79.9. The SMILES string of the molecule is COC(=O)C1(C(=O)OC)Cc2cc(Br)ccc2N1C(=O)C(F)(F)F.ClCCl.Nc1ccc(Br)cc1CO.Nc1ccccc1CO.O=C(Nc1ccc(Br)cc1CBr)C(F)(F)F.O=C(Nc1ccc(Br)cc1CO)C(F)(F)F.O=C1C(Br)=CC(Br)(Br)C=C1Br. The van der Waals surface area contributed by atoms with Gasteiger partial charge in [0, 0.05) is 74.8 Å². The number of nitrogen functional groups attached to an aromatic ring is 2. The molecule has 488 valence electrons. The lowest BCUT2D eigenvalue weighted by molar-refractivity contribution is -0.176. The molecular formula is C53H45Br9Cl2F9N5O11. The summed E-state index contributed by atoms with van der Waals surface area (Å²) >= 11 is 38.4. The Kier molecular flexibility index (Phi) is 36.1. The molecule has 0 bridgehead atoms. The van der Waals surface area contributed by atoms with E-state index in [1.54, 1.807) is 53.9 Å². The number of benzene rings is 5. The number of anilines is 5. The van der Waals surface area contributed by atoms with E-state index >= 15 is 0 Å². The third kappa shape index (κ3) is 26.7. The average Bonchev–Trinajstić information content (AvgIpc) is 1.59. The van der Waals surface area contributed by atoms with Crippen molar-refractivity contribution < 1.29 is 93.1 Å². The molecule has 0 saturated carbocycles. The highest BCUT2D eigenvalue weighted by Gasteiger charge is 2.64. The van der Waals surface area contributed by atoms with Crippen LogP contribution in [0.5, 0.6) is 0 Å². The fourth-order valence-electron chi connectivity index (χ4n) is 6.64. The molecule has 0 saturated heterocycles. The van der Waals surface area contributed by atoms with Gasteiger partial charge in [0.2, 0.25) is 11.3 Å². The molecule has 0 spiro atoms. The van der Waals surface area contributed by atoms with Crippen molar-refractivity contribution in [3.05, 3.63) is 164 Å². The summed E-state index contributed by atoms with van der Waals surface area (Å²) in [5.41, 5.74) is 12.1. The first-order valence-corrected chi connectivity index (χ1v) is 32.0. The van der Waals surface area contributed by atoms with Gasteiger partial charge in [0.15, 0.2) is 0 Å². The number of nitrogens with zero attached hydrogens (tertiary/aromatic N) is 1. The topological polar surface area (TPSA) is 261 Å². The second-order valence-electron chi connectivity index (χ2n) is 16.7. The second-order valence-corrected chi connectivity index (χ2v) is 27.1. The number of hydrogen-bond acceptors (Lipinski definition) is 13.